The molecule has 7 nitrogen and oxygen atoms in total. The molecule has 102 valence electrons. The van der Waals surface area contributed by atoms with Crippen LogP contribution in [0.15, 0.2) is 10.9 Å². The molecule has 0 bridgehead atoms. The summed E-state index contributed by atoms with van der Waals surface area (Å²) in [4.78, 5) is 15.9. The van der Waals surface area contributed by atoms with Crippen molar-refractivity contribution in [1.82, 2.24) is 19.6 Å². The number of rotatable bonds is 5. The van der Waals surface area contributed by atoms with E-state index in [0.29, 0.717) is 16.9 Å². The number of nitrogens with two attached hydrogens (primary N) is 1. The Kier molecular flexibility index (Phi) is 2.78. The highest BCUT2D eigenvalue weighted by Gasteiger charge is 2.41. The Labute approximate surface area is 110 Å². The number of hydrogen-bond donors (Lipinski definition) is 3. The zero-order valence-corrected chi connectivity index (χ0v) is 10.9. The fraction of sp³-hybridized carbons (Fsp3) is 0.583. The van der Waals surface area contributed by atoms with E-state index in [2.05, 4.69) is 20.5 Å². The van der Waals surface area contributed by atoms with Gasteiger partial charge in [0, 0.05) is 12.6 Å². The average Bonchev–Trinajstić information content (AvgIpc) is 3.04. The molecule has 0 saturated heterocycles. The first-order chi connectivity index (χ1) is 9.13. The molecule has 1 aliphatic rings. The molecule has 0 atom stereocenters. The summed E-state index contributed by atoms with van der Waals surface area (Å²) in [7, 11) is 0. The molecular weight excluding hydrogens is 244 g/mol. The monoisotopic (exact) mass is 262 g/mol. The van der Waals surface area contributed by atoms with E-state index in [1.165, 1.54) is 17.2 Å². The predicted octanol–water partition coefficient (Wildman–Crippen LogP) is 0.267. The SMILES string of the molecule is Cc1nc(NCC2(CCN)CC2)cc2n[nH]c(=O)n12. The molecule has 7 heteroatoms. The lowest BCUT2D eigenvalue weighted by molar-refractivity contribution is 0.500. The van der Waals surface area contributed by atoms with Gasteiger partial charge < -0.3 is 11.1 Å². The van der Waals surface area contributed by atoms with Crippen LogP contribution in [0.2, 0.25) is 0 Å². The lowest BCUT2D eigenvalue weighted by atomic mass is 10.0. The summed E-state index contributed by atoms with van der Waals surface area (Å²) in [6.45, 7) is 3.39. The highest BCUT2D eigenvalue weighted by Crippen LogP contribution is 2.48. The molecular formula is C12H18N6O. The van der Waals surface area contributed by atoms with E-state index in [-0.39, 0.29) is 5.69 Å². The first-order valence-electron chi connectivity index (χ1n) is 6.52. The molecule has 19 heavy (non-hydrogen) atoms. The van der Waals surface area contributed by atoms with Crippen LogP contribution in [0, 0.1) is 12.3 Å². The number of hydrogen-bond acceptors (Lipinski definition) is 5. The normalized spacial score (nSPS) is 16.7. The summed E-state index contributed by atoms with van der Waals surface area (Å²) < 4.78 is 1.46. The first-order valence-corrected chi connectivity index (χ1v) is 6.52. The Morgan fingerprint density at radius 1 is 1.58 bits per heavy atom. The maximum Gasteiger partial charge on any atom is 0.349 e. The maximum absolute atomic E-state index is 11.5. The number of nitrogens with one attached hydrogen (secondary N) is 2. The summed E-state index contributed by atoms with van der Waals surface area (Å²) >= 11 is 0. The van der Waals surface area contributed by atoms with Crippen molar-refractivity contribution in [2.75, 3.05) is 18.4 Å². The smallest absolute Gasteiger partial charge is 0.349 e. The van der Waals surface area contributed by atoms with Crippen molar-refractivity contribution in [2.45, 2.75) is 26.2 Å². The van der Waals surface area contributed by atoms with Crippen molar-refractivity contribution >= 4 is 11.5 Å². The van der Waals surface area contributed by atoms with E-state index in [4.69, 9.17) is 5.73 Å². The summed E-state index contributed by atoms with van der Waals surface area (Å²) in [5.74, 6) is 1.38. The van der Waals surface area contributed by atoms with Crippen molar-refractivity contribution in [2.24, 2.45) is 11.1 Å². The van der Waals surface area contributed by atoms with Crippen LogP contribution in [-0.2, 0) is 0 Å². The third kappa shape index (κ3) is 2.21. The standard InChI is InChI=1S/C12H18N6O/c1-8-15-9(6-10-16-17-11(19)18(8)10)14-7-12(2-3-12)4-5-13/h6,14H,2-5,7,13H2,1H3,(H,17,19). The minimum absolute atomic E-state index is 0.256. The second-order valence-corrected chi connectivity index (χ2v) is 5.30. The lowest BCUT2D eigenvalue weighted by Gasteiger charge is -2.15. The zero-order valence-electron chi connectivity index (χ0n) is 10.9. The van der Waals surface area contributed by atoms with Crippen LogP contribution >= 0.6 is 0 Å². The highest BCUT2D eigenvalue weighted by atomic mass is 16.1. The van der Waals surface area contributed by atoms with E-state index in [1.54, 1.807) is 13.0 Å². The summed E-state index contributed by atoms with van der Waals surface area (Å²) in [5, 5.41) is 9.72. The number of anilines is 1. The molecule has 0 aliphatic heterocycles. The molecule has 1 aliphatic carbocycles. The van der Waals surface area contributed by atoms with Crippen LogP contribution in [0.1, 0.15) is 25.1 Å². The minimum atomic E-state index is -0.256. The van der Waals surface area contributed by atoms with Crippen LogP contribution in [0.5, 0.6) is 0 Å². The zero-order chi connectivity index (χ0) is 13.5. The molecule has 0 amide bonds. The van der Waals surface area contributed by atoms with E-state index in [0.717, 1.165) is 25.3 Å². The largest absolute Gasteiger partial charge is 0.369 e. The molecule has 2 heterocycles. The van der Waals surface area contributed by atoms with Gasteiger partial charge in [0.15, 0.2) is 5.65 Å². The van der Waals surface area contributed by atoms with Gasteiger partial charge in [0.1, 0.15) is 11.6 Å². The summed E-state index contributed by atoms with van der Waals surface area (Å²) in [5.41, 5.74) is 6.31. The van der Waals surface area contributed by atoms with Crippen molar-refractivity contribution < 1.29 is 0 Å². The van der Waals surface area contributed by atoms with Gasteiger partial charge in [0.25, 0.3) is 0 Å². The van der Waals surface area contributed by atoms with E-state index >= 15 is 0 Å². The topological polar surface area (TPSA) is 101 Å². The van der Waals surface area contributed by atoms with E-state index in [9.17, 15) is 4.79 Å². The second kappa shape index (κ2) is 4.34. The van der Waals surface area contributed by atoms with Crippen LogP contribution in [0.4, 0.5) is 5.82 Å². The van der Waals surface area contributed by atoms with Crippen molar-refractivity contribution in [3.63, 3.8) is 0 Å². The highest BCUT2D eigenvalue weighted by molar-refractivity contribution is 5.49. The second-order valence-electron chi connectivity index (χ2n) is 5.30. The number of fused-ring (bicyclic) bond motifs is 1. The molecule has 0 unspecified atom stereocenters. The van der Waals surface area contributed by atoms with Gasteiger partial charge in [-0.2, -0.15) is 5.10 Å². The lowest BCUT2D eigenvalue weighted by Crippen LogP contribution is -2.20. The molecule has 1 saturated carbocycles. The Hall–Kier alpha value is -1.89. The van der Waals surface area contributed by atoms with E-state index < -0.39 is 0 Å². The Bertz CT molecular complexity index is 654. The molecule has 0 aromatic carbocycles. The molecule has 0 radical (unpaired) electrons. The van der Waals surface area contributed by atoms with Crippen molar-refractivity contribution in [1.29, 1.82) is 0 Å². The van der Waals surface area contributed by atoms with E-state index in [1.807, 2.05) is 0 Å². The number of H-pyrrole nitrogens is 1. The quantitative estimate of drug-likeness (QED) is 0.718. The Balaban J connectivity index is 1.80. The van der Waals surface area contributed by atoms with Crippen LogP contribution in [-0.4, -0.2) is 32.7 Å². The molecule has 1 fully saturated rings. The van der Waals surface area contributed by atoms with Gasteiger partial charge in [-0.25, -0.2) is 19.3 Å². The number of aromatic nitrogens is 4. The molecule has 4 N–H and O–H groups in total. The van der Waals surface area contributed by atoms with Crippen molar-refractivity contribution in [3.8, 4) is 0 Å². The molecule has 2 aromatic heterocycles. The van der Waals surface area contributed by atoms with Gasteiger partial charge in [-0.3, -0.25) is 0 Å². The van der Waals surface area contributed by atoms with Gasteiger partial charge in [-0.15, -0.1) is 0 Å². The molecule has 0 spiro atoms. The summed E-state index contributed by atoms with van der Waals surface area (Å²) in [6, 6.07) is 1.78. The maximum atomic E-state index is 11.5. The third-order valence-electron chi connectivity index (χ3n) is 3.85. The predicted molar refractivity (Wildman–Crippen MR) is 72.2 cm³/mol. The van der Waals surface area contributed by atoms with Gasteiger partial charge in [0.2, 0.25) is 0 Å². The van der Waals surface area contributed by atoms with Gasteiger partial charge in [-0.05, 0) is 38.1 Å². The average molecular weight is 262 g/mol. The number of aromatic amines is 1. The van der Waals surface area contributed by atoms with Gasteiger partial charge in [0.05, 0.1) is 0 Å². The minimum Gasteiger partial charge on any atom is -0.369 e. The number of aryl methyl sites for hydroxylation is 1. The first kappa shape index (κ1) is 12.2. The Morgan fingerprint density at radius 3 is 3.05 bits per heavy atom. The summed E-state index contributed by atoms with van der Waals surface area (Å²) in [6.07, 6.45) is 3.49. The van der Waals surface area contributed by atoms with Crippen LogP contribution in [0.25, 0.3) is 5.65 Å². The fourth-order valence-electron chi connectivity index (χ4n) is 2.46. The van der Waals surface area contributed by atoms with Gasteiger partial charge >= 0.3 is 5.69 Å². The number of nitrogens with zero attached hydrogens (tertiary/aromatic N) is 3. The fourth-order valence-corrected chi connectivity index (χ4v) is 2.46. The Morgan fingerprint density at radius 2 is 2.37 bits per heavy atom. The third-order valence-corrected chi connectivity index (χ3v) is 3.85. The van der Waals surface area contributed by atoms with Crippen LogP contribution < -0.4 is 16.7 Å². The molecule has 2 aromatic rings. The van der Waals surface area contributed by atoms with Gasteiger partial charge in [-0.1, -0.05) is 0 Å². The van der Waals surface area contributed by atoms with Crippen molar-refractivity contribution in [3.05, 3.63) is 22.4 Å². The molecule has 3 rings (SSSR count). The van der Waals surface area contributed by atoms with Crippen LogP contribution in [0.3, 0.4) is 0 Å².